The van der Waals surface area contributed by atoms with E-state index in [9.17, 15) is 9.59 Å². The van der Waals surface area contributed by atoms with E-state index >= 15 is 0 Å². The predicted molar refractivity (Wildman–Crippen MR) is 72.3 cm³/mol. The van der Waals surface area contributed by atoms with Gasteiger partial charge in [-0.05, 0) is 23.6 Å². The zero-order valence-corrected chi connectivity index (χ0v) is 11.2. The lowest BCUT2D eigenvalue weighted by molar-refractivity contribution is -0.137. The van der Waals surface area contributed by atoms with Crippen LogP contribution in [-0.2, 0) is 16.8 Å². The minimum Gasteiger partial charge on any atom is -0.480 e. The number of pyridine rings is 2. The first-order valence-corrected chi connectivity index (χ1v) is 6.01. The highest BCUT2D eigenvalue weighted by Gasteiger charge is 2.21. The lowest BCUT2D eigenvalue weighted by Crippen LogP contribution is -2.32. The number of carboxylic acids is 1. The van der Waals surface area contributed by atoms with Crippen LogP contribution in [-0.4, -0.2) is 20.6 Å². The second-order valence-electron chi connectivity index (χ2n) is 5.51. The molecular formula is C14H16N2O3. The smallest absolute Gasteiger partial charge is 0.323 e. The van der Waals surface area contributed by atoms with Gasteiger partial charge in [0.15, 0.2) is 0 Å². The minimum atomic E-state index is -1.06. The summed E-state index contributed by atoms with van der Waals surface area (Å²) in [5.41, 5.74) is 0.361. The number of aromatic nitrogens is 2. The molecule has 0 bridgehead atoms. The highest BCUT2D eigenvalue weighted by atomic mass is 16.4. The van der Waals surface area contributed by atoms with E-state index in [1.807, 2.05) is 26.8 Å². The Balaban J connectivity index is 2.85. The molecule has 2 aromatic heterocycles. The largest absolute Gasteiger partial charge is 0.480 e. The SMILES string of the molecule is CC(C)(C)c1cc2cccnc2n(CC(=O)O)c1=O. The van der Waals surface area contributed by atoms with Crippen LogP contribution in [0.15, 0.2) is 29.2 Å². The average molecular weight is 260 g/mol. The Morgan fingerprint density at radius 3 is 2.68 bits per heavy atom. The summed E-state index contributed by atoms with van der Waals surface area (Å²) in [6.07, 6.45) is 1.55. The molecule has 0 aliphatic heterocycles. The molecule has 0 saturated heterocycles. The molecule has 0 aliphatic carbocycles. The van der Waals surface area contributed by atoms with Crippen LogP contribution in [0.25, 0.3) is 11.0 Å². The van der Waals surface area contributed by atoms with Crippen molar-refractivity contribution in [3.8, 4) is 0 Å². The lowest BCUT2D eigenvalue weighted by Gasteiger charge is -2.20. The van der Waals surface area contributed by atoms with Crippen molar-refractivity contribution in [1.29, 1.82) is 0 Å². The second kappa shape index (κ2) is 4.50. The third-order valence-corrected chi connectivity index (χ3v) is 2.95. The summed E-state index contributed by atoms with van der Waals surface area (Å²) in [5, 5.41) is 9.73. The molecule has 1 N–H and O–H groups in total. The van der Waals surface area contributed by atoms with Gasteiger partial charge in [-0.1, -0.05) is 20.8 Å². The van der Waals surface area contributed by atoms with E-state index in [0.29, 0.717) is 11.2 Å². The molecule has 0 fully saturated rings. The Bertz CT molecular complexity index is 696. The molecule has 5 heteroatoms. The summed E-state index contributed by atoms with van der Waals surface area (Å²) in [5.74, 6) is -1.06. The topological polar surface area (TPSA) is 72.2 Å². The number of carboxylic acid groups (broad SMARTS) is 1. The Kier molecular flexibility index (Phi) is 3.14. The quantitative estimate of drug-likeness (QED) is 0.893. The Labute approximate surface area is 110 Å². The molecule has 0 aliphatic rings. The first-order valence-electron chi connectivity index (χ1n) is 6.01. The molecule has 100 valence electrons. The summed E-state index contributed by atoms with van der Waals surface area (Å²) < 4.78 is 1.22. The van der Waals surface area contributed by atoms with E-state index < -0.39 is 5.97 Å². The first kappa shape index (κ1) is 13.3. The van der Waals surface area contributed by atoms with Crippen LogP contribution in [0.1, 0.15) is 26.3 Å². The van der Waals surface area contributed by atoms with Crippen molar-refractivity contribution < 1.29 is 9.90 Å². The summed E-state index contributed by atoms with van der Waals surface area (Å²) in [6.45, 7) is 5.40. The van der Waals surface area contributed by atoms with Crippen molar-refractivity contribution in [2.75, 3.05) is 0 Å². The van der Waals surface area contributed by atoms with Crippen LogP contribution in [0.5, 0.6) is 0 Å². The van der Waals surface area contributed by atoms with Gasteiger partial charge in [-0.25, -0.2) is 4.98 Å². The zero-order valence-electron chi connectivity index (χ0n) is 11.2. The van der Waals surface area contributed by atoms with Crippen LogP contribution < -0.4 is 5.56 Å². The lowest BCUT2D eigenvalue weighted by atomic mass is 9.87. The van der Waals surface area contributed by atoms with Gasteiger partial charge in [0.25, 0.3) is 5.56 Å². The maximum absolute atomic E-state index is 12.4. The molecule has 0 unspecified atom stereocenters. The average Bonchev–Trinajstić information content (AvgIpc) is 2.30. The highest BCUT2D eigenvalue weighted by Crippen LogP contribution is 2.22. The molecule has 0 radical (unpaired) electrons. The Morgan fingerprint density at radius 2 is 2.11 bits per heavy atom. The van der Waals surface area contributed by atoms with Crippen molar-refractivity contribution in [1.82, 2.24) is 9.55 Å². The van der Waals surface area contributed by atoms with Crippen LogP contribution >= 0.6 is 0 Å². The van der Waals surface area contributed by atoms with Gasteiger partial charge in [0.2, 0.25) is 0 Å². The fourth-order valence-corrected chi connectivity index (χ4v) is 2.03. The number of hydrogen-bond donors (Lipinski definition) is 1. The number of aliphatic carboxylic acids is 1. The fraction of sp³-hybridized carbons (Fsp3) is 0.357. The number of rotatable bonds is 2. The van der Waals surface area contributed by atoms with E-state index in [1.165, 1.54) is 4.57 Å². The maximum atomic E-state index is 12.4. The molecule has 0 amide bonds. The van der Waals surface area contributed by atoms with Crippen molar-refractivity contribution in [2.45, 2.75) is 32.7 Å². The van der Waals surface area contributed by atoms with Gasteiger partial charge in [-0.3, -0.25) is 14.2 Å². The Morgan fingerprint density at radius 1 is 1.42 bits per heavy atom. The molecular weight excluding hydrogens is 244 g/mol. The van der Waals surface area contributed by atoms with Crippen molar-refractivity contribution in [3.63, 3.8) is 0 Å². The molecule has 2 rings (SSSR count). The molecule has 0 spiro atoms. The van der Waals surface area contributed by atoms with Gasteiger partial charge in [0, 0.05) is 17.1 Å². The van der Waals surface area contributed by atoms with E-state index in [4.69, 9.17) is 5.11 Å². The van der Waals surface area contributed by atoms with Gasteiger partial charge >= 0.3 is 5.97 Å². The highest BCUT2D eigenvalue weighted by molar-refractivity contribution is 5.77. The normalized spacial score (nSPS) is 11.7. The van der Waals surface area contributed by atoms with Crippen LogP contribution in [0.3, 0.4) is 0 Å². The summed E-state index contributed by atoms with van der Waals surface area (Å²) >= 11 is 0. The third kappa shape index (κ3) is 2.50. The monoisotopic (exact) mass is 260 g/mol. The van der Waals surface area contributed by atoms with Gasteiger partial charge in [0.05, 0.1) is 0 Å². The third-order valence-electron chi connectivity index (χ3n) is 2.95. The van der Waals surface area contributed by atoms with E-state index in [2.05, 4.69) is 4.98 Å². The van der Waals surface area contributed by atoms with Crippen molar-refractivity contribution in [3.05, 3.63) is 40.3 Å². The molecule has 0 aromatic carbocycles. The zero-order chi connectivity index (χ0) is 14.2. The van der Waals surface area contributed by atoms with Gasteiger partial charge < -0.3 is 5.11 Å². The fourth-order valence-electron chi connectivity index (χ4n) is 2.03. The predicted octanol–water partition coefficient (Wildman–Crippen LogP) is 1.78. The number of fused-ring (bicyclic) bond motifs is 1. The van der Waals surface area contributed by atoms with Gasteiger partial charge in [-0.2, -0.15) is 0 Å². The minimum absolute atomic E-state index is 0.291. The molecule has 2 aromatic rings. The molecule has 5 nitrogen and oxygen atoms in total. The summed E-state index contributed by atoms with van der Waals surface area (Å²) in [6, 6.07) is 5.39. The standard InChI is InChI=1S/C14H16N2O3/c1-14(2,3)10-7-9-5-4-6-15-12(9)16(13(10)19)8-11(17)18/h4-7H,8H2,1-3H3,(H,17,18). The maximum Gasteiger partial charge on any atom is 0.323 e. The molecule has 0 saturated carbocycles. The summed E-state index contributed by atoms with van der Waals surface area (Å²) in [4.78, 5) is 27.5. The molecule has 19 heavy (non-hydrogen) atoms. The van der Waals surface area contributed by atoms with E-state index in [-0.39, 0.29) is 17.5 Å². The van der Waals surface area contributed by atoms with Crippen molar-refractivity contribution in [2.24, 2.45) is 0 Å². The van der Waals surface area contributed by atoms with Crippen molar-refractivity contribution >= 4 is 17.0 Å². The van der Waals surface area contributed by atoms with Crippen LogP contribution in [0.2, 0.25) is 0 Å². The van der Waals surface area contributed by atoms with Crippen LogP contribution in [0.4, 0.5) is 0 Å². The van der Waals surface area contributed by atoms with E-state index in [1.54, 1.807) is 18.3 Å². The second-order valence-corrected chi connectivity index (χ2v) is 5.51. The number of nitrogens with zero attached hydrogens (tertiary/aromatic N) is 2. The molecule has 2 heterocycles. The molecule has 0 atom stereocenters. The van der Waals surface area contributed by atoms with Gasteiger partial charge in [0.1, 0.15) is 12.2 Å². The van der Waals surface area contributed by atoms with Gasteiger partial charge in [-0.15, -0.1) is 0 Å². The first-order chi connectivity index (χ1) is 8.80. The number of carbonyl (C=O) groups is 1. The summed E-state index contributed by atoms with van der Waals surface area (Å²) in [7, 11) is 0. The van der Waals surface area contributed by atoms with E-state index in [0.717, 1.165) is 5.39 Å². The van der Waals surface area contributed by atoms with Crippen LogP contribution in [0, 0.1) is 0 Å². The Hall–Kier alpha value is -2.17. The number of hydrogen-bond acceptors (Lipinski definition) is 3.